The first kappa shape index (κ1) is 10.2. The summed E-state index contributed by atoms with van der Waals surface area (Å²) in [7, 11) is 0. The van der Waals surface area contributed by atoms with Gasteiger partial charge in [0.25, 0.3) is 5.91 Å². The van der Waals surface area contributed by atoms with E-state index in [1.807, 2.05) is 31.2 Å². The van der Waals surface area contributed by atoms with Crippen molar-refractivity contribution in [2.24, 2.45) is 0 Å². The lowest BCUT2D eigenvalue weighted by molar-refractivity contribution is 0.102. The molecule has 0 spiro atoms. The third-order valence-electron chi connectivity index (χ3n) is 2.29. The highest BCUT2D eigenvalue weighted by molar-refractivity contribution is 6.06. The number of nitrogens with one attached hydrogen (secondary N) is 2. The minimum absolute atomic E-state index is 0.281. The Kier molecular flexibility index (Phi) is 2.59. The van der Waals surface area contributed by atoms with Gasteiger partial charge in [-0.15, -0.1) is 0 Å². The SMILES string of the molecule is Cc1ccccc1NC(=O)c1[nH]ncc1N. The summed E-state index contributed by atoms with van der Waals surface area (Å²) in [5, 5.41) is 9.02. The van der Waals surface area contributed by atoms with Crippen molar-refractivity contribution in [2.45, 2.75) is 6.92 Å². The molecule has 0 unspecified atom stereocenters. The van der Waals surface area contributed by atoms with Crippen LogP contribution < -0.4 is 11.1 Å². The fraction of sp³-hybridized carbons (Fsp3) is 0.0909. The maximum atomic E-state index is 11.8. The van der Waals surface area contributed by atoms with Crippen LogP contribution in [0.3, 0.4) is 0 Å². The lowest BCUT2D eigenvalue weighted by atomic mass is 10.2. The van der Waals surface area contributed by atoms with Gasteiger partial charge in [-0.05, 0) is 18.6 Å². The third kappa shape index (κ3) is 1.88. The van der Waals surface area contributed by atoms with E-state index < -0.39 is 0 Å². The van der Waals surface area contributed by atoms with E-state index in [0.29, 0.717) is 5.69 Å². The van der Waals surface area contributed by atoms with Gasteiger partial charge in [0.1, 0.15) is 5.69 Å². The predicted octanol–water partition coefficient (Wildman–Crippen LogP) is 1.55. The molecule has 4 N–H and O–H groups in total. The molecule has 0 aliphatic carbocycles. The minimum atomic E-state index is -0.288. The molecule has 0 saturated carbocycles. The number of rotatable bonds is 2. The normalized spacial score (nSPS) is 10.1. The standard InChI is InChI=1S/C11H12N4O/c1-7-4-2-3-5-9(7)14-11(16)10-8(12)6-13-15-10/h2-6H,12H2,1H3,(H,13,15)(H,14,16). The van der Waals surface area contributed by atoms with Gasteiger partial charge in [-0.1, -0.05) is 18.2 Å². The summed E-state index contributed by atoms with van der Waals surface area (Å²) in [6.45, 7) is 1.92. The first-order valence-electron chi connectivity index (χ1n) is 4.84. The van der Waals surface area contributed by atoms with E-state index in [1.54, 1.807) is 0 Å². The topological polar surface area (TPSA) is 83.8 Å². The summed E-state index contributed by atoms with van der Waals surface area (Å²) in [4.78, 5) is 11.8. The molecule has 0 atom stereocenters. The molecule has 0 aliphatic heterocycles. The maximum Gasteiger partial charge on any atom is 0.275 e. The second-order valence-electron chi connectivity index (χ2n) is 3.47. The second-order valence-corrected chi connectivity index (χ2v) is 3.47. The van der Waals surface area contributed by atoms with Gasteiger partial charge in [-0.25, -0.2) is 0 Å². The van der Waals surface area contributed by atoms with Gasteiger partial charge in [0.2, 0.25) is 0 Å². The number of hydrogen-bond donors (Lipinski definition) is 3. The number of para-hydroxylation sites is 1. The molecule has 5 nitrogen and oxygen atoms in total. The number of aromatic amines is 1. The zero-order valence-electron chi connectivity index (χ0n) is 8.82. The minimum Gasteiger partial charge on any atom is -0.396 e. The van der Waals surface area contributed by atoms with Crippen LogP contribution in [0.1, 0.15) is 16.1 Å². The van der Waals surface area contributed by atoms with Crippen LogP contribution in [0.25, 0.3) is 0 Å². The molecule has 2 rings (SSSR count). The van der Waals surface area contributed by atoms with Crippen molar-refractivity contribution < 1.29 is 4.79 Å². The molecule has 82 valence electrons. The highest BCUT2D eigenvalue weighted by Gasteiger charge is 2.12. The quantitative estimate of drug-likeness (QED) is 0.712. The van der Waals surface area contributed by atoms with Gasteiger partial charge < -0.3 is 11.1 Å². The fourth-order valence-electron chi connectivity index (χ4n) is 1.38. The number of aromatic nitrogens is 2. The number of benzene rings is 1. The van der Waals surface area contributed by atoms with E-state index in [0.717, 1.165) is 11.3 Å². The summed E-state index contributed by atoms with van der Waals surface area (Å²) in [5.74, 6) is -0.288. The summed E-state index contributed by atoms with van der Waals surface area (Å²) in [5.41, 5.74) is 7.96. The smallest absolute Gasteiger partial charge is 0.275 e. The van der Waals surface area contributed by atoms with Crippen LogP contribution in [-0.2, 0) is 0 Å². The molecule has 0 saturated heterocycles. The number of nitrogens with two attached hydrogens (primary N) is 1. The van der Waals surface area contributed by atoms with Crippen LogP contribution in [-0.4, -0.2) is 16.1 Å². The van der Waals surface area contributed by atoms with Crippen molar-refractivity contribution in [3.63, 3.8) is 0 Å². The van der Waals surface area contributed by atoms with Gasteiger partial charge in [0.05, 0.1) is 11.9 Å². The lowest BCUT2D eigenvalue weighted by Gasteiger charge is -2.06. The van der Waals surface area contributed by atoms with Crippen LogP contribution in [0.5, 0.6) is 0 Å². The first-order valence-corrected chi connectivity index (χ1v) is 4.84. The van der Waals surface area contributed by atoms with Gasteiger partial charge in [0.15, 0.2) is 0 Å². The first-order chi connectivity index (χ1) is 7.68. The number of carbonyl (C=O) groups excluding carboxylic acids is 1. The third-order valence-corrected chi connectivity index (χ3v) is 2.29. The van der Waals surface area contributed by atoms with Crippen molar-refractivity contribution >= 4 is 17.3 Å². The molecule has 1 amide bonds. The molecule has 1 heterocycles. The van der Waals surface area contributed by atoms with Crippen molar-refractivity contribution in [3.8, 4) is 0 Å². The number of nitrogens with zero attached hydrogens (tertiary/aromatic N) is 1. The monoisotopic (exact) mass is 216 g/mol. The molecule has 1 aromatic heterocycles. The van der Waals surface area contributed by atoms with Crippen molar-refractivity contribution in [1.29, 1.82) is 0 Å². The largest absolute Gasteiger partial charge is 0.396 e. The molecule has 0 radical (unpaired) electrons. The van der Waals surface area contributed by atoms with Crippen LogP contribution in [0, 0.1) is 6.92 Å². The van der Waals surface area contributed by atoms with E-state index in [-0.39, 0.29) is 11.6 Å². The summed E-state index contributed by atoms with van der Waals surface area (Å²) in [6.07, 6.45) is 1.41. The van der Waals surface area contributed by atoms with Crippen LogP contribution >= 0.6 is 0 Å². The molecule has 0 bridgehead atoms. The number of H-pyrrole nitrogens is 1. The van der Waals surface area contributed by atoms with Gasteiger partial charge in [0, 0.05) is 5.69 Å². The van der Waals surface area contributed by atoms with Crippen molar-refractivity contribution in [3.05, 3.63) is 41.7 Å². The van der Waals surface area contributed by atoms with Crippen molar-refractivity contribution in [2.75, 3.05) is 11.1 Å². The zero-order chi connectivity index (χ0) is 11.5. The Hall–Kier alpha value is -2.30. The number of carbonyl (C=O) groups is 1. The number of anilines is 2. The number of hydrogen-bond acceptors (Lipinski definition) is 3. The number of aryl methyl sites for hydroxylation is 1. The van der Waals surface area contributed by atoms with Crippen molar-refractivity contribution in [1.82, 2.24) is 10.2 Å². The fourth-order valence-corrected chi connectivity index (χ4v) is 1.38. The van der Waals surface area contributed by atoms with E-state index in [9.17, 15) is 4.79 Å². The Morgan fingerprint density at radius 2 is 2.19 bits per heavy atom. The zero-order valence-corrected chi connectivity index (χ0v) is 8.82. The van der Waals surface area contributed by atoms with Crippen LogP contribution in [0.2, 0.25) is 0 Å². The van der Waals surface area contributed by atoms with Crippen LogP contribution in [0.4, 0.5) is 11.4 Å². The molecule has 0 fully saturated rings. The van der Waals surface area contributed by atoms with Gasteiger partial charge >= 0.3 is 0 Å². The predicted molar refractivity (Wildman–Crippen MR) is 62.1 cm³/mol. The van der Waals surface area contributed by atoms with E-state index in [1.165, 1.54) is 6.20 Å². The molecule has 5 heteroatoms. The Labute approximate surface area is 92.7 Å². The highest BCUT2D eigenvalue weighted by atomic mass is 16.2. The Bertz CT molecular complexity index is 518. The molecule has 0 aliphatic rings. The Balaban J connectivity index is 2.21. The number of nitrogen functional groups attached to an aromatic ring is 1. The van der Waals surface area contributed by atoms with Gasteiger partial charge in [-0.2, -0.15) is 5.10 Å². The maximum absolute atomic E-state index is 11.8. The summed E-state index contributed by atoms with van der Waals surface area (Å²) < 4.78 is 0. The Morgan fingerprint density at radius 1 is 1.44 bits per heavy atom. The van der Waals surface area contributed by atoms with Crippen LogP contribution in [0.15, 0.2) is 30.5 Å². The average molecular weight is 216 g/mol. The van der Waals surface area contributed by atoms with E-state index >= 15 is 0 Å². The van der Waals surface area contributed by atoms with Gasteiger partial charge in [-0.3, -0.25) is 9.89 Å². The molecule has 16 heavy (non-hydrogen) atoms. The Morgan fingerprint density at radius 3 is 2.81 bits per heavy atom. The molecular formula is C11H12N4O. The second kappa shape index (κ2) is 4.06. The molecule has 1 aromatic carbocycles. The van der Waals surface area contributed by atoms with E-state index in [4.69, 9.17) is 5.73 Å². The lowest BCUT2D eigenvalue weighted by Crippen LogP contribution is -2.14. The number of amides is 1. The highest BCUT2D eigenvalue weighted by Crippen LogP contribution is 2.15. The molecular weight excluding hydrogens is 204 g/mol. The summed E-state index contributed by atoms with van der Waals surface area (Å²) in [6, 6.07) is 7.53. The molecule has 2 aromatic rings. The average Bonchev–Trinajstić information content (AvgIpc) is 2.68. The summed E-state index contributed by atoms with van der Waals surface area (Å²) >= 11 is 0. The van der Waals surface area contributed by atoms with E-state index in [2.05, 4.69) is 15.5 Å².